The molecule has 1 aliphatic heterocycles. The van der Waals surface area contributed by atoms with Gasteiger partial charge in [-0.25, -0.2) is 15.0 Å². The Labute approximate surface area is 185 Å². The molecule has 0 atom stereocenters. The molecule has 1 fully saturated rings. The minimum atomic E-state index is -0.0339. The maximum atomic E-state index is 13.0. The fourth-order valence-corrected chi connectivity index (χ4v) is 4.63. The Bertz CT molecular complexity index is 1030. The van der Waals surface area contributed by atoms with Crippen molar-refractivity contribution in [3.05, 3.63) is 64.9 Å². The first-order valence-corrected chi connectivity index (χ1v) is 11.3. The third-order valence-electron chi connectivity index (χ3n) is 5.37. The van der Waals surface area contributed by atoms with Gasteiger partial charge in [0.25, 0.3) is 5.91 Å². The second-order valence-electron chi connectivity index (χ2n) is 7.52. The van der Waals surface area contributed by atoms with Gasteiger partial charge in [0.2, 0.25) is 5.91 Å². The molecule has 160 valence electrons. The van der Waals surface area contributed by atoms with Gasteiger partial charge in [0, 0.05) is 45.0 Å². The Hall–Kier alpha value is -3.13. The number of hydrogen-bond donors (Lipinski definition) is 0. The van der Waals surface area contributed by atoms with Crippen molar-refractivity contribution in [3.63, 3.8) is 0 Å². The smallest absolute Gasteiger partial charge is 0.265 e. The van der Waals surface area contributed by atoms with E-state index in [0.29, 0.717) is 54.0 Å². The largest absolute Gasteiger partial charge is 0.339 e. The van der Waals surface area contributed by atoms with Gasteiger partial charge in [-0.1, -0.05) is 30.3 Å². The quantitative estimate of drug-likeness (QED) is 0.594. The van der Waals surface area contributed by atoms with Crippen molar-refractivity contribution in [2.45, 2.75) is 26.2 Å². The molecule has 0 N–H and O–H groups in total. The fraction of sp³-hybridized carbons (Fsp3) is 0.348. The normalized spacial score (nSPS) is 14.0. The van der Waals surface area contributed by atoms with E-state index < -0.39 is 0 Å². The molecule has 0 aliphatic carbocycles. The van der Waals surface area contributed by atoms with Crippen LogP contribution in [0.1, 0.15) is 33.8 Å². The molecule has 0 radical (unpaired) electrons. The van der Waals surface area contributed by atoms with Crippen LogP contribution in [0.2, 0.25) is 0 Å². The van der Waals surface area contributed by atoms with Gasteiger partial charge >= 0.3 is 0 Å². The first-order valence-electron chi connectivity index (χ1n) is 10.5. The van der Waals surface area contributed by atoms with Crippen molar-refractivity contribution in [3.8, 4) is 10.8 Å². The molecule has 0 spiro atoms. The van der Waals surface area contributed by atoms with Crippen molar-refractivity contribution in [1.82, 2.24) is 24.8 Å². The Morgan fingerprint density at radius 1 is 0.968 bits per heavy atom. The highest BCUT2D eigenvalue weighted by atomic mass is 32.1. The number of piperazine rings is 1. The first-order chi connectivity index (χ1) is 15.1. The molecule has 8 heteroatoms. The summed E-state index contributed by atoms with van der Waals surface area (Å²) in [5.74, 6) is 0.662. The molecule has 3 aromatic rings. The predicted molar refractivity (Wildman–Crippen MR) is 120 cm³/mol. The van der Waals surface area contributed by atoms with Gasteiger partial charge in [-0.3, -0.25) is 9.59 Å². The van der Waals surface area contributed by atoms with E-state index in [4.69, 9.17) is 0 Å². The molecule has 1 saturated heterocycles. The van der Waals surface area contributed by atoms with Crippen LogP contribution in [-0.4, -0.2) is 62.7 Å². The van der Waals surface area contributed by atoms with E-state index in [9.17, 15) is 9.59 Å². The van der Waals surface area contributed by atoms with Crippen molar-refractivity contribution >= 4 is 23.2 Å². The molecule has 7 nitrogen and oxygen atoms in total. The van der Waals surface area contributed by atoms with Crippen LogP contribution in [0, 0.1) is 6.92 Å². The summed E-state index contributed by atoms with van der Waals surface area (Å²) in [6.07, 6.45) is 5.61. The van der Waals surface area contributed by atoms with Crippen molar-refractivity contribution in [2.24, 2.45) is 0 Å². The lowest BCUT2D eigenvalue weighted by Crippen LogP contribution is -2.50. The SMILES string of the molecule is Cc1nc(-c2ncccn2)sc1C(=O)N1CCN(C(=O)CCCc2ccccc2)CC1. The number of aromatic nitrogens is 3. The summed E-state index contributed by atoms with van der Waals surface area (Å²) >= 11 is 1.32. The van der Waals surface area contributed by atoms with E-state index in [1.807, 2.05) is 34.9 Å². The summed E-state index contributed by atoms with van der Waals surface area (Å²) in [6, 6.07) is 12.0. The molecule has 2 amide bonds. The van der Waals surface area contributed by atoms with E-state index >= 15 is 0 Å². The van der Waals surface area contributed by atoms with Crippen molar-refractivity contribution in [2.75, 3.05) is 26.2 Å². The minimum Gasteiger partial charge on any atom is -0.339 e. The number of amides is 2. The number of carbonyl (C=O) groups excluding carboxylic acids is 2. The summed E-state index contributed by atoms with van der Waals surface area (Å²) < 4.78 is 0. The summed E-state index contributed by atoms with van der Waals surface area (Å²) in [4.78, 5) is 42.8. The van der Waals surface area contributed by atoms with Crippen LogP contribution in [0.25, 0.3) is 10.8 Å². The van der Waals surface area contributed by atoms with Gasteiger partial charge in [-0.05, 0) is 31.4 Å². The number of nitrogens with zero attached hydrogens (tertiary/aromatic N) is 5. The maximum absolute atomic E-state index is 13.0. The predicted octanol–water partition coefficient (Wildman–Crippen LogP) is 3.22. The van der Waals surface area contributed by atoms with Gasteiger partial charge in [-0.2, -0.15) is 0 Å². The lowest BCUT2D eigenvalue weighted by atomic mass is 10.1. The van der Waals surface area contributed by atoms with Gasteiger partial charge in [0.05, 0.1) is 5.69 Å². The Balaban J connectivity index is 1.29. The molecule has 1 aliphatic rings. The second kappa shape index (κ2) is 9.78. The molecule has 2 aromatic heterocycles. The minimum absolute atomic E-state index is 0.0339. The lowest BCUT2D eigenvalue weighted by Gasteiger charge is -2.34. The molecule has 0 unspecified atom stereocenters. The van der Waals surface area contributed by atoms with Crippen LogP contribution < -0.4 is 0 Å². The maximum Gasteiger partial charge on any atom is 0.265 e. The second-order valence-corrected chi connectivity index (χ2v) is 8.52. The van der Waals surface area contributed by atoms with Crippen molar-refractivity contribution < 1.29 is 9.59 Å². The van der Waals surface area contributed by atoms with E-state index in [0.717, 1.165) is 12.8 Å². The molecular formula is C23H25N5O2S. The number of carbonyl (C=O) groups is 2. The zero-order chi connectivity index (χ0) is 21.6. The van der Waals surface area contributed by atoms with E-state index in [-0.39, 0.29) is 11.8 Å². The monoisotopic (exact) mass is 435 g/mol. The van der Waals surface area contributed by atoms with Crippen LogP contribution in [0.4, 0.5) is 0 Å². The Morgan fingerprint density at radius 2 is 1.65 bits per heavy atom. The van der Waals surface area contributed by atoms with Crippen LogP contribution in [0.5, 0.6) is 0 Å². The fourth-order valence-electron chi connectivity index (χ4n) is 3.65. The van der Waals surface area contributed by atoms with Gasteiger partial charge in [-0.15, -0.1) is 11.3 Å². The van der Waals surface area contributed by atoms with Crippen LogP contribution >= 0.6 is 11.3 Å². The van der Waals surface area contributed by atoms with Crippen LogP contribution in [0.15, 0.2) is 48.8 Å². The van der Waals surface area contributed by atoms with E-state index in [2.05, 4.69) is 27.1 Å². The molecule has 1 aromatic carbocycles. The molecule has 3 heterocycles. The lowest BCUT2D eigenvalue weighted by molar-refractivity contribution is -0.132. The number of thiazole rings is 1. The molecule has 0 saturated carbocycles. The highest BCUT2D eigenvalue weighted by molar-refractivity contribution is 7.17. The zero-order valence-electron chi connectivity index (χ0n) is 17.5. The molecular weight excluding hydrogens is 410 g/mol. The average Bonchev–Trinajstić information content (AvgIpc) is 3.21. The number of benzene rings is 1. The highest BCUT2D eigenvalue weighted by Crippen LogP contribution is 2.26. The van der Waals surface area contributed by atoms with Gasteiger partial charge in [0.15, 0.2) is 10.8 Å². The molecule has 4 rings (SSSR count). The standard InChI is InChI=1S/C23H25N5O2S/c1-17-20(31-22(26-17)21-24-11-6-12-25-21)23(30)28-15-13-27(14-16-28)19(29)10-5-9-18-7-3-2-4-8-18/h2-4,6-8,11-12H,5,9-10,13-16H2,1H3. The summed E-state index contributed by atoms with van der Waals surface area (Å²) in [5.41, 5.74) is 1.95. The van der Waals surface area contributed by atoms with E-state index in [1.54, 1.807) is 18.5 Å². The van der Waals surface area contributed by atoms with E-state index in [1.165, 1.54) is 16.9 Å². The summed E-state index contributed by atoms with van der Waals surface area (Å²) in [6.45, 7) is 4.06. The first kappa shape index (κ1) is 21.1. The summed E-state index contributed by atoms with van der Waals surface area (Å²) in [5, 5.41) is 0.647. The summed E-state index contributed by atoms with van der Waals surface area (Å²) in [7, 11) is 0. The topological polar surface area (TPSA) is 79.3 Å². The number of rotatable bonds is 6. The Kier molecular flexibility index (Phi) is 6.66. The highest BCUT2D eigenvalue weighted by Gasteiger charge is 2.27. The zero-order valence-corrected chi connectivity index (χ0v) is 18.3. The van der Waals surface area contributed by atoms with Crippen LogP contribution in [-0.2, 0) is 11.2 Å². The van der Waals surface area contributed by atoms with Crippen molar-refractivity contribution in [1.29, 1.82) is 0 Å². The number of hydrogen-bond acceptors (Lipinski definition) is 6. The molecule has 31 heavy (non-hydrogen) atoms. The third-order valence-corrected chi connectivity index (χ3v) is 6.51. The average molecular weight is 436 g/mol. The van der Waals surface area contributed by atoms with Crippen LogP contribution in [0.3, 0.4) is 0 Å². The number of aryl methyl sites for hydroxylation is 2. The third kappa shape index (κ3) is 5.14. The van der Waals surface area contributed by atoms with Gasteiger partial charge < -0.3 is 9.80 Å². The molecule has 0 bridgehead atoms. The Morgan fingerprint density at radius 3 is 2.35 bits per heavy atom. The van der Waals surface area contributed by atoms with Gasteiger partial charge in [0.1, 0.15) is 4.88 Å².